The zero-order chi connectivity index (χ0) is 14.1. The molecule has 0 amide bonds. The minimum absolute atomic E-state index is 0.415. The molecule has 0 aliphatic carbocycles. The molecule has 1 rings (SSSR count). The molecule has 1 unspecified atom stereocenters. The lowest BCUT2D eigenvalue weighted by Crippen LogP contribution is -2.31. The number of halogens is 7. The number of alkyl halides is 6. The summed E-state index contributed by atoms with van der Waals surface area (Å²) in [5.74, 6) is -1.80. The van der Waals surface area contributed by atoms with Gasteiger partial charge < -0.3 is 5.11 Å². The lowest BCUT2D eigenvalue weighted by atomic mass is 10.0. The molecule has 8 heteroatoms. The lowest BCUT2D eigenvalue weighted by molar-refractivity contribution is -0.203. The quantitative estimate of drug-likeness (QED) is 0.822. The van der Waals surface area contributed by atoms with Gasteiger partial charge in [0.1, 0.15) is 5.82 Å². The molecule has 0 aromatic heterocycles. The van der Waals surface area contributed by atoms with E-state index in [0.29, 0.717) is 6.07 Å². The SMILES string of the molecule is OC(Cc1cccc(C(F)(F)F)c1F)C(F)(F)F. The number of aliphatic hydroxyl groups is 1. The number of rotatable bonds is 2. The molecule has 0 bridgehead atoms. The van der Waals surface area contributed by atoms with Gasteiger partial charge >= 0.3 is 12.4 Å². The summed E-state index contributed by atoms with van der Waals surface area (Å²) in [5.41, 5.74) is -2.50. The van der Waals surface area contributed by atoms with Crippen LogP contribution in [-0.4, -0.2) is 17.4 Å². The van der Waals surface area contributed by atoms with Gasteiger partial charge in [-0.1, -0.05) is 12.1 Å². The Balaban J connectivity index is 3.06. The molecule has 0 spiro atoms. The molecule has 0 fully saturated rings. The van der Waals surface area contributed by atoms with Gasteiger partial charge in [0, 0.05) is 6.42 Å². The van der Waals surface area contributed by atoms with Gasteiger partial charge in [0.05, 0.1) is 5.56 Å². The molecule has 1 N–H and O–H groups in total. The van der Waals surface area contributed by atoms with Crippen LogP contribution in [0.4, 0.5) is 30.7 Å². The van der Waals surface area contributed by atoms with Crippen molar-refractivity contribution in [2.45, 2.75) is 24.9 Å². The molecule has 1 aromatic carbocycles. The van der Waals surface area contributed by atoms with E-state index >= 15 is 0 Å². The van der Waals surface area contributed by atoms with Crippen molar-refractivity contribution < 1.29 is 35.8 Å². The van der Waals surface area contributed by atoms with E-state index in [1.165, 1.54) is 0 Å². The first-order chi connectivity index (χ1) is 8.03. The van der Waals surface area contributed by atoms with E-state index in [0.717, 1.165) is 12.1 Å². The Bertz CT molecular complexity index is 421. The van der Waals surface area contributed by atoms with Crippen molar-refractivity contribution in [3.63, 3.8) is 0 Å². The third kappa shape index (κ3) is 3.34. The van der Waals surface area contributed by atoms with Gasteiger partial charge in [0.15, 0.2) is 6.10 Å². The summed E-state index contributed by atoms with van der Waals surface area (Å²) in [7, 11) is 0. The molecule has 0 aliphatic heterocycles. The van der Waals surface area contributed by atoms with E-state index in [-0.39, 0.29) is 0 Å². The Hall–Kier alpha value is -1.31. The first-order valence-corrected chi connectivity index (χ1v) is 4.63. The van der Waals surface area contributed by atoms with Crippen LogP contribution in [0.25, 0.3) is 0 Å². The van der Waals surface area contributed by atoms with Crippen LogP contribution in [0.2, 0.25) is 0 Å². The van der Waals surface area contributed by atoms with Crippen LogP contribution in [0.15, 0.2) is 18.2 Å². The van der Waals surface area contributed by atoms with Crippen LogP contribution in [0.3, 0.4) is 0 Å². The number of benzene rings is 1. The summed E-state index contributed by atoms with van der Waals surface area (Å²) in [5, 5.41) is 8.68. The summed E-state index contributed by atoms with van der Waals surface area (Å²) in [6.45, 7) is 0. The molecule has 0 heterocycles. The maximum atomic E-state index is 13.3. The number of hydrogen-bond donors (Lipinski definition) is 1. The normalized spacial score (nSPS) is 14.7. The highest BCUT2D eigenvalue weighted by molar-refractivity contribution is 5.28. The molecule has 0 radical (unpaired) electrons. The van der Waals surface area contributed by atoms with Gasteiger partial charge in [0.25, 0.3) is 0 Å². The monoisotopic (exact) mass is 276 g/mol. The molecule has 18 heavy (non-hydrogen) atoms. The average molecular weight is 276 g/mol. The molecule has 1 atom stereocenters. The van der Waals surface area contributed by atoms with Gasteiger partial charge in [-0.25, -0.2) is 4.39 Å². The Kier molecular flexibility index (Phi) is 3.89. The van der Waals surface area contributed by atoms with Crippen molar-refractivity contribution >= 4 is 0 Å². The van der Waals surface area contributed by atoms with Crippen LogP contribution in [0.1, 0.15) is 11.1 Å². The van der Waals surface area contributed by atoms with Crippen LogP contribution in [-0.2, 0) is 12.6 Å². The van der Waals surface area contributed by atoms with E-state index in [4.69, 9.17) is 5.11 Å². The van der Waals surface area contributed by atoms with Gasteiger partial charge in [-0.15, -0.1) is 0 Å². The highest BCUT2D eigenvalue weighted by Gasteiger charge is 2.40. The highest BCUT2D eigenvalue weighted by atomic mass is 19.4. The second-order valence-electron chi connectivity index (χ2n) is 3.54. The summed E-state index contributed by atoms with van der Waals surface area (Å²) in [6.07, 6.45) is -14.2. The van der Waals surface area contributed by atoms with Gasteiger partial charge in [0.2, 0.25) is 0 Å². The third-order valence-corrected chi connectivity index (χ3v) is 2.18. The summed E-state index contributed by atoms with van der Waals surface area (Å²) in [6, 6.07) is 1.96. The summed E-state index contributed by atoms with van der Waals surface area (Å²) >= 11 is 0. The van der Waals surface area contributed by atoms with Gasteiger partial charge in [-0.2, -0.15) is 26.3 Å². The van der Waals surface area contributed by atoms with Crippen molar-refractivity contribution in [2.24, 2.45) is 0 Å². The van der Waals surface area contributed by atoms with Crippen molar-refractivity contribution in [1.82, 2.24) is 0 Å². The minimum atomic E-state index is -5.01. The molecule has 1 aromatic rings. The molecule has 0 aliphatic rings. The second-order valence-corrected chi connectivity index (χ2v) is 3.54. The van der Waals surface area contributed by atoms with Gasteiger partial charge in [-0.3, -0.25) is 0 Å². The second kappa shape index (κ2) is 4.75. The van der Waals surface area contributed by atoms with Crippen molar-refractivity contribution in [3.05, 3.63) is 35.1 Å². The third-order valence-electron chi connectivity index (χ3n) is 2.18. The van der Waals surface area contributed by atoms with E-state index in [9.17, 15) is 30.7 Å². The summed E-state index contributed by atoms with van der Waals surface area (Å²) < 4.78 is 86.2. The van der Waals surface area contributed by atoms with Crippen molar-refractivity contribution in [2.75, 3.05) is 0 Å². The Morgan fingerprint density at radius 1 is 1.06 bits per heavy atom. The van der Waals surface area contributed by atoms with E-state index in [1.54, 1.807) is 0 Å². The molecule has 0 saturated carbocycles. The fourth-order valence-electron chi connectivity index (χ4n) is 1.28. The first kappa shape index (κ1) is 14.7. The van der Waals surface area contributed by atoms with Crippen LogP contribution in [0.5, 0.6) is 0 Å². The van der Waals surface area contributed by atoms with E-state index in [2.05, 4.69) is 0 Å². The zero-order valence-electron chi connectivity index (χ0n) is 8.61. The smallest absolute Gasteiger partial charge is 0.383 e. The van der Waals surface area contributed by atoms with Crippen LogP contribution < -0.4 is 0 Å². The standard InChI is InChI=1S/C10H7F7O/c11-8-5(4-7(18)10(15,16)17)2-1-3-6(8)9(12,13)14/h1-3,7,18H,4H2. The molecule has 0 saturated heterocycles. The minimum Gasteiger partial charge on any atom is -0.383 e. The van der Waals surface area contributed by atoms with Gasteiger partial charge in [-0.05, 0) is 11.6 Å². The van der Waals surface area contributed by atoms with E-state index in [1.807, 2.05) is 0 Å². The molecular formula is C10H7F7O. The van der Waals surface area contributed by atoms with E-state index < -0.39 is 41.8 Å². The zero-order valence-corrected chi connectivity index (χ0v) is 8.61. The fourth-order valence-corrected chi connectivity index (χ4v) is 1.28. The number of aliphatic hydroxyl groups excluding tert-OH is 1. The van der Waals surface area contributed by atoms with Crippen molar-refractivity contribution in [1.29, 1.82) is 0 Å². The summed E-state index contributed by atoms with van der Waals surface area (Å²) in [4.78, 5) is 0. The predicted molar refractivity (Wildman–Crippen MR) is 47.2 cm³/mol. The number of hydrogen-bond acceptors (Lipinski definition) is 1. The Labute approximate surface area is 96.8 Å². The van der Waals surface area contributed by atoms with Crippen LogP contribution >= 0.6 is 0 Å². The molecular weight excluding hydrogens is 269 g/mol. The highest BCUT2D eigenvalue weighted by Crippen LogP contribution is 2.33. The molecule has 102 valence electrons. The Morgan fingerprint density at radius 3 is 2.06 bits per heavy atom. The first-order valence-electron chi connectivity index (χ1n) is 4.63. The maximum Gasteiger partial charge on any atom is 0.419 e. The topological polar surface area (TPSA) is 20.2 Å². The largest absolute Gasteiger partial charge is 0.419 e. The lowest BCUT2D eigenvalue weighted by Gasteiger charge is -2.16. The fraction of sp³-hybridized carbons (Fsp3) is 0.400. The molecule has 1 nitrogen and oxygen atoms in total. The van der Waals surface area contributed by atoms with Crippen molar-refractivity contribution in [3.8, 4) is 0 Å². The maximum absolute atomic E-state index is 13.3. The predicted octanol–water partition coefficient (Wildman–Crippen LogP) is 3.31. The Morgan fingerprint density at radius 2 is 1.61 bits per heavy atom. The average Bonchev–Trinajstić information content (AvgIpc) is 2.17. The van der Waals surface area contributed by atoms with Crippen LogP contribution in [0, 0.1) is 5.82 Å².